The molecule has 23 heavy (non-hydrogen) atoms. The van der Waals surface area contributed by atoms with Crippen molar-refractivity contribution in [3.05, 3.63) is 40.8 Å². The molecular weight excluding hydrogens is 293 g/mol. The van der Waals surface area contributed by atoms with Gasteiger partial charge in [-0.1, -0.05) is 6.07 Å². The van der Waals surface area contributed by atoms with Gasteiger partial charge in [-0.3, -0.25) is 0 Å². The average molecular weight is 317 g/mol. The van der Waals surface area contributed by atoms with Crippen LogP contribution in [0.1, 0.15) is 50.6 Å². The molecule has 4 heteroatoms. The maximum atomic E-state index is 14.2. The maximum Gasteiger partial charge on any atom is 0.367 e. The van der Waals surface area contributed by atoms with Gasteiger partial charge in [0.1, 0.15) is 0 Å². The molecule has 124 valence electrons. The smallest absolute Gasteiger partial charge is 0.367 e. The van der Waals surface area contributed by atoms with Crippen molar-refractivity contribution in [3.8, 4) is 0 Å². The molecule has 3 nitrogen and oxygen atoms in total. The minimum atomic E-state index is -0.905. The van der Waals surface area contributed by atoms with E-state index in [1.165, 1.54) is 11.3 Å². The third-order valence-corrected chi connectivity index (χ3v) is 4.30. The molecule has 0 fully saturated rings. The molecule has 1 aromatic heterocycles. The fourth-order valence-electron chi connectivity index (χ4n) is 2.98. The summed E-state index contributed by atoms with van der Waals surface area (Å²) < 4.78 is 21.2. The van der Waals surface area contributed by atoms with E-state index in [1.807, 2.05) is 18.2 Å². The number of fused-ring (bicyclic) bond motifs is 1. The van der Waals surface area contributed by atoms with Crippen LogP contribution in [0.3, 0.4) is 0 Å². The van der Waals surface area contributed by atoms with Gasteiger partial charge in [0.15, 0.2) is 0 Å². The third kappa shape index (κ3) is 3.03. The molecule has 1 aromatic carbocycles. The van der Waals surface area contributed by atoms with Crippen molar-refractivity contribution in [1.29, 1.82) is 0 Å². The molecule has 2 aromatic rings. The number of hydrogen-bond donors (Lipinski definition) is 0. The van der Waals surface area contributed by atoms with E-state index in [2.05, 4.69) is 32.3 Å². The fourth-order valence-corrected chi connectivity index (χ4v) is 2.98. The molecule has 0 spiro atoms. The summed E-state index contributed by atoms with van der Waals surface area (Å²) in [6.07, 6.45) is 0. The van der Waals surface area contributed by atoms with Crippen molar-refractivity contribution in [1.82, 2.24) is 4.57 Å². The molecule has 0 aliphatic heterocycles. The molecule has 0 bridgehead atoms. The van der Waals surface area contributed by atoms with Crippen molar-refractivity contribution in [2.45, 2.75) is 47.6 Å². The van der Waals surface area contributed by atoms with Gasteiger partial charge in [-0.25, -0.2) is 4.79 Å². The number of carbonyl (C=O) groups is 1. The molecule has 0 amide bonds. The van der Waals surface area contributed by atoms with Crippen LogP contribution in [0.5, 0.6) is 0 Å². The van der Waals surface area contributed by atoms with Crippen LogP contribution in [-0.2, 0) is 9.53 Å². The maximum absolute atomic E-state index is 14.2. The lowest BCUT2D eigenvalue weighted by atomic mass is 10.0. The predicted molar refractivity (Wildman–Crippen MR) is 92.1 cm³/mol. The van der Waals surface area contributed by atoms with Crippen molar-refractivity contribution >= 4 is 22.4 Å². The summed E-state index contributed by atoms with van der Waals surface area (Å²) in [5.41, 5.74) is 4.52. The summed E-state index contributed by atoms with van der Waals surface area (Å²) in [5, 5.41) is 1.09. The number of benzene rings is 1. The SMILES string of the molecule is CCOC(=O)C(F)=C(C)c1ccc2c(c1)c(C)c(C)n2C(C)C. The summed E-state index contributed by atoms with van der Waals surface area (Å²) in [5.74, 6) is -1.73. The minimum Gasteiger partial charge on any atom is -0.461 e. The summed E-state index contributed by atoms with van der Waals surface area (Å²) >= 11 is 0. The Hall–Kier alpha value is -2.10. The normalized spacial score (nSPS) is 12.7. The van der Waals surface area contributed by atoms with E-state index in [-0.39, 0.29) is 6.61 Å². The molecule has 0 unspecified atom stereocenters. The van der Waals surface area contributed by atoms with E-state index >= 15 is 0 Å². The number of hydrogen-bond acceptors (Lipinski definition) is 2. The summed E-state index contributed by atoms with van der Waals surface area (Å²) in [6.45, 7) is 11.9. The zero-order valence-electron chi connectivity index (χ0n) is 14.7. The predicted octanol–water partition coefficient (Wildman–Crippen LogP) is 5.10. The van der Waals surface area contributed by atoms with Crippen LogP contribution < -0.4 is 0 Å². The largest absolute Gasteiger partial charge is 0.461 e. The first-order valence-electron chi connectivity index (χ1n) is 7.94. The number of esters is 1. The van der Waals surface area contributed by atoms with Crippen molar-refractivity contribution in [2.75, 3.05) is 6.61 Å². The zero-order chi connectivity index (χ0) is 17.3. The summed E-state index contributed by atoms with van der Waals surface area (Å²) in [4.78, 5) is 11.6. The Balaban J connectivity index is 2.59. The first-order valence-corrected chi connectivity index (χ1v) is 7.94. The van der Waals surface area contributed by atoms with Gasteiger partial charge >= 0.3 is 5.97 Å². The topological polar surface area (TPSA) is 31.2 Å². The monoisotopic (exact) mass is 317 g/mol. The summed E-state index contributed by atoms with van der Waals surface area (Å²) in [6, 6.07) is 6.15. The van der Waals surface area contributed by atoms with Gasteiger partial charge < -0.3 is 9.30 Å². The lowest BCUT2D eigenvalue weighted by molar-refractivity contribution is -0.140. The molecule has 0 aliphatic rings. The second kappa shape index (κ2) is 6.57. The summed E-state index contributed by atoms with van der Waals surface area (Å²) in [7, 11) is 0. The van der Waals surface area contributed by atoms with E-state index in [9.17, 15) is 9.18 Å². The van der Waals surface area contributed by atoms with Gasteiger partial charge in [-0.05, 0) is 70.4 Å². The van der Waals surface area contributed by atoms with E-state index < -0.39 is 11.8 Å². The molecule has 0 radical (unpaired) electrons. The van der Waals surface area contributed by atoms with Crippen LogP contribution in [-0.4, -0.2) is 17.1 Å². The molecule has 1 heterocycles. The zero-order valence-corrected chi connectivity index (χ0v) is 14.7. The van der Waals surface area contributed by atoms with Crippen LogP contribution in [0.4, 0.5) is 4.39 Å². The van der Waals surface area contributed by atoms with E-state index in [1.54, 1.807) is 13.8 Å². The van der Waals surface area contributed by atoms with Crippen LogP contribution in [0.25, 0.3) is 16.5 Å². The molecule has 0 aliphatic carbocycles. The minimum absolute atomic E-state index is 0.161. The fraction of sp³-hybridized carbons (Fsp3) is 0.421. The van der Waals surface area contributed by atoms with Crippen molar-refractivity contribution in [2.24, 2.45) is 0 Å². The molecule has 0 saturated heterocycles. The highest BCUT2D eigenvalue weighted by Gasteiger charge is 2.17. The van der Waals surface area contributed by atoms with Crippen LogP contribution >= 0.6 is 0 Å². The molecular formula is C19H24FNO2. The number of rotatable bonds is 4. The second-order valence-electron chi connectivity index (χ2n) is 6.07. The molecule has 2 rings (SSSR count). The highest BCUT2D eigenvalue weighted by molar-refractivity contribution is 5.96. The highest BCUT2D eigenvalue weighted by atomic mass is 19.1. The Morgan fingerprint density at radius 3 is 2.52 bits per heavy atom. The van der Waals surface area contributed by atoms with Crippen molar-refractivity contribution in [3.63, 3.8) is 0 Å². The lowest BCUT2D eigenvalue weighted by Crippen LogP contribution is -2.06. The van der Waals surface area contributed by atoms with Crippen LogP contribution in [0.15, 0.2) is 24.0 Å². The first kappa shape index (κ1) is 17.3. The van der Waals surface area contributed by atoms with E-state index in [4.69, 9.17) is 4.74 Å². The standard InChI is InChI=1S/C19H24FNO2/c1-7-23-19(22)18(20)13(5)15-8-9-17-16(10-15)12(4)14(6)21(17)11(2)3/h8-11H,7H2,1-6H3. The van der Waals surface area contributed by atoms with Gasteiger partial charge in [-0.15, -0.1) is 0 Å². The Bertz CT molecular complexity index is 784. The Morgan fingerprint density at radius 2 is 1.96 bits per heavy atom. The number of aryl methyl sites for hydroxylation is 1. The lowest BCUT2D eigenvalue weighted by Gasteiger charge is -2.12. The number of halogens is 1. The second-order valence-corrected chi connectivity index (χ2v) is 6.07. The molecule has 0 atom stereocenters. The first-order chi connectivity index (χ1) is 10.8. The highest BCUT2D eigenvalue weighted by Crippen LogP contribution is 2.31. The number of carbonyl (C=O) groups excluding carboxylic acids is 1. The number of ether oxygens (including phenoxy) is 1. The number of nitrogens with zero attached hydrogens (tertiary/aromatic N) is 1. The number of allylic oxidation sites excluding steroid dienone is 1. The van der Waals surface area contributed by atoms with E-state index in [0.717, 1.165) is 10.9 Å². The Kier molecular flexibility index (Phi) is 4.93. The van der Waals surface area contributed by atoms with Crippen LogP contribution in [0, 0.1) is 13.8 Å². The van der Waals surface area contributed by atoms with Gasteiger partial charge in [-0.2, -0.15) is 4.39 Å². The Labute approximate surface area is 136 Å². The average Bonchev–Trinajstić information content (AvgIpc) is 2.77. The molecule has 0 N–H and O–H groups in total. The Morgan fingerprint density at radius 1 is 1.30 bits per heavy atom. The van der Waals surface area contributed by atoms with Crippen molar-refractivity contribution < 1.29 is 13.9 Å². The van der Waals surface area contributed by atoms with Gasteiger partial charge in [0.05, 0.1) is 6.61 Å². The van der Waals surface area contributed by atoms with Gasteiger partial charge in [0.25, 0.3) is 0 Å². The molecule has 0 saturated carbocycles. The van der Waals surface area contributed by atoms with Crippen LogP contribution in [0.2, 0.25) is 0 Å². The van der Waals surface area contributed by atoms with E-state index in [0.29, 0.717) is 17.2 Å². The third-order valence-electron chi connectivity index (χ3n) is 4.30. The quantitative estimate of drug-likeness (QED) is 0.580. The number of aromatic nitrogens is 1. The van der Waals surface area contributed by atoms with Gasteiger partial charge in [0, 0.05) is 22.6 Å². The van der Waals surface area contributed by atoms with Gasteiger partial charge in [0.2, 0.25) is 5.83 Å².